The molecule has 3 aliphatic carbocycles. The van der Waals surface area contributed by atoms with Crippen molar-refractivity contribution in [2.75, 3.05) is 0 Å². The predicted octanol–water partition coefficient (Wildman–Crippen LogP) is 2.25. The van der Waals surface area contributed by atoms with Crippen molar-refractivity contribution >= 4 is 17.7 Å². The summed E-state index contributed by atoms with van der Waals surface area (Å²) < 4.78 is 2.31. The summed E-state index contributed by atoms with van der Waals surface area (Å²) in [6.07, 6.45) is 7.21. The largest absolute Gasteiger partial charge is 0.352 e. The van der Waals surface area contributed by atoms with E-state index >= 15 is 0 Å². The maximum Gasteiger partial charge on any atom is 0.233 e. The summed E-state index contributed by atoms with van der Waals surface area (Å²) in [4.78, 5) is 12.1. The highest BCUT2D eigenvalue weighted by Gasteiger charge is 2.37. The first kappa shape index (κ1) is 12.7. The van der Waals surface area contributed by atoms with E-state index in [-0.39, 0.29) is 11.2 Å². The van der Waals surface area contributed by atoms with Gasteiger partial charge in [0, 0.05) is 18.0 Å². The summed E-state index contributed by atoms with van der Waals surface area (Å²) in [6.45, 7) is 1.96. The molecule has 0 bridgehead atoms. The van der Waals surface area contributed by atoms with Crippen LogP contribution in [0, 0.1) is 0 Å². The molecule has 0 aromatic carbocycles. The van der Waals surface area contributed by atoms with Gasteiger partial charge in [-0.2, -0.15) is 0 Å². The van der Waals surface area contributed by atoms with Gasteiger partial charge in [0.15, 0.2) is 5.16 Å². The first-order valence-corrected chi connectivity index (χ1v) is 8.52. The van der Waals surface area contributed by atoms with Crippen LogP contribution in [0.5, 0.6) is 0 Å². The van der Waals surface area contributed by atoms with Crippen LogP contribution in [0.4, 0.5) is 0 Å². The SMILES string of the molecule is C[C@H](Sc1nnc(C2CC2)n1C1CC1)C(=O)NC1CC1. The highest BCUT2D eigenvalue weighted by molar-refractivity contribution is 8.00. The number of aromatic nitrogens is 3. The van der Waals surface area contributed by atoms with Crippen molar-refractivity contribution in [2.24, 2.45) is 0 Å². The van der Waals surface area contributed by atoms with Crippen LogP contribution in [0.1, 0.15) is 63.2 Å². The van der Waals surface area contributed by atoms with Crippen molar-refractivity contribution in [1.82, 2.24) is 20.1 Å². The smallest absolute Gasteiger partial charge is 0.233 e. The van der Waals surface area contributed by atoms with Crippen LogP contribution < -0.4 is 5.32 Å². The summed E-state index contributed by atoms with van der Waals surface area (Å²) in [5.41, 5.74) is 0. The number of hydrogen-bond donors (Lipinski definition) is 1. The fourth-order valence-corrected chi connectivity index (χ4v) is 3.36. The zero-order valence-corrected chi connectivity index (χ0v) is 12.5. The van der Waals surface area contributed by atoms with Gasteiger partial charge in [-0.15, -0.1) is 10.2 Å². The summed E-state index contributed by atoms with van der Waals surface area (Å²) in [5.74, 6) is 1.91. The number of thioether (sulfide) groups is 1. The van der Waals surface area contributed by atoms with Gasteiger partial charge in [-0.1, -0.05) is 11.8 Å². The second-order valence-corrected chi connectivity index (χ2v) is 7.57. The molecule has 0 saturated heterocycles. The van der Waals surface area contributed by atoms with Crippen molar-refractivity contribution in [3.8, 4) is 0 Å². The van der Waals surface area contributed by atoms with Crippen LogP contribution in [-0.2, 0) is 4.79 Å². The van der Waals surface area contributed by atoms with Gasteiger partial charge in [0.05, 0.1) is 5.25 Å². The maximum absolute atomic E-state index is 12.1. The van der Waals surface area contributed by atoms with Crippen molar-refractivity contribution in [1.29, 1.82) is 0 Å². The lowest BCUT2D eigenvalue weighted by Gasteiger charge is -2.12. The molecule has 1 amide bonds. The zero-order valence-electron chi connectivity index (χ0n) is 11.7. The number of nitrogens with one attached hydrogen (secondary N) is 1. The van der Waals surface area contributed by atoms with Gasteiger partial charge < -0.3 is 9.88 Å². The Labute approximate surface area is 122 Å². The predicted molar refractivity (Wildman–Crippen MR) is 76.8 cm³/mol. The number of amides is 1. The van der Waals surface area contributed by atoms with E-state index in [0.29, 0.717) is 18.0 Å². The number of carbonyl (C=O) groups excluding carboxylic acids is 1. The minimum absolute atomic E-state index is 0.0932. The van der Waals surface area contributed by atoms with Gasteiger partial charge in [0.25, 0.3) is 0 Å². The molecule has 1 atom stereocenters. The van der Waals surface area contributed by atoms with E-state index in [1.807, 2.05) is 6.92 Å². The van der Waals surface area contributed by atoms with Gasteiger partial charge in [0.2, 0.25) is 5.91 Å². The first-order valence-electron chi connectivity index (χ1n) is 7.64. The molecule has 0 aliphatic heterocycles. The molecule has 4 rings (SSSR count). The maximum atomic E-state index is 12.1. The molecule has 1 heterocycles. The molecule has 3 aliphatic rings. The van der Waals surface area contributed by atoms with E-state index in [0.717, 1.165) is 23.8 Å². The molecular formula is C14H20N4OS. The number of nitrogens with zero attached hydrogens (tertiary/aromatic N) is 3. The van der Waals surface area contributed by atoms with E-state index in [1.165, 1.54) is 25.7 Å². The van der Waals surface area contributed by atoms with E-state index in [1.54, 1.807) is 11.8 Å². The third-order valence-corrected chi connectivity index (χ3v) is 5.18. The molecule has 3 fully saturated rings. The Morgan fingerprint density at radius 2 is 2.00 bits per heavy atom. The Hall–Kier alpha value is -1.04. The van der Waals surface area contributed by atoms with Gasteiger partial charge in [-0.25, -0.2) is 0 Å². The molecule has 6 heteroatoms. The number of carbonyl (C=O) groups is 1. The second kappa shape index (κ2) is 4.76. The summed E-state index contributed by atoms with van der Waals surface area (Å²) in [6, 6.07) is 1.01. The summed E-state index contributed by atoms with van der Waals surface area (Å²) in [7, 11) is 0. The Morgan fingerprint density at radius 3 is 2.60 bits per heavy atom. The topological polar surface area (TPSA) is 59.8 Å². The molecule has 20 heavy (non-hydrogen) atoms. The van der Waals surface area contributed by atoms with Crippen LogP contribution >= 0.6 is 11.8 Å². The molecule has 3 saturated carbocycles. The van der Waals surface area contributed by atoms with Gasteiger partial charge >= 0.3 is 0 Å². The van der Waals surface area contributed by atoms with E-state index in [2.05, 4.69) is 20.1 Å². The van der Waals surface area contributed by atoms with E-state index in [9.17, 15) is 4.79 Å². The Bertz CT molecular complexity index is 531. The Balaban J connectivity index is 1.48. The molecule has 5 nitrogen and oxygen atoms in total. The molecule has 108 valence electrons. The molecule has 0 unspecified atom stereocenters. The van der Waals surface area contributed by atoms with Crippen molar-refractivity contribution in [3.63, 3.8) is 0 Å². The van der Waals surface area contributed by atoms with Crippen LogP contribution in [0.2, 0.25) is 0 Å². The average Bonchev–Trinajstić information content (AvgIpc) is 3.27. The fourth-order valence-electron chi connectivity index (χ4n) is 2.42. The lowest BCUT2D eigenvalue weighted by atomic mass is 10.4. The van der Waals surface area contributed by atoms with Gasteiger partial charge in [0.1, 0.15) is 5.82 Å². The highest BCUT2D eigenvalue weighted by Crippen LogP contribution is 2.46. The number of rotatable bonds is 6. The molecule has 1 aromatic heterocycles. The second-order valence-electron chi connectivity index (χ2n) is 6.26. The third kappa shape index (κ3) is 2.57. The first-order chi connectivity index (χ1) is 9.72. The minimum atomic E-state index is -0.0932. The van der Waals surface area contributed by atoms with Crippen molar-refractivity contribution in [2.45, 2.75) is 73.9 Å². The summed E-state index contributed by atoms with van der Waals surface area (Å²) >= 11 is 1.56. The molecule has 0 radical (unpaired) electrons. The van der Waals surface area contributed by atoms with Crippen LogP contribution in [0.15, 0.2) is 5.16 Å². The minimum Gasteiger partial charge on any atom is -0.352 e. The highest BCUT2D eigenvalue weighted by atomic mass is 32.2. The number of hydrogen-bond acceptors (Lipinski definition) is 4. The van der Waals surface area contributed by atoms with Crippen LogP contribution in [0.3, 0.4) is 0 Å². The van der Waals surface area contributed by atoms with Crippen LogP contribution in [0.25, 0.3) is 0 Å². The third-order valence-electron chi connectivity index (χ3n) is 4.12. The van der Waals surface area contributed by atoms with E-state index in [4.69, 9.17) is 0 Å². The Morgan fingerprint density at radius 1 is 1.25 bits per heavy atom. The lowest BCUT2D eigenvalue weighted by Crippen LogP contribution is -2.32. The van der Waals surface area contributed by atoms with Crippen molar-refractivity contribution < 1.29 is 4.79 Å². The van der Waals surface area contributed by atoms with Crippen molar-refractivity contribution in [3.05, 3.63) is 5.82 Å². The van der Waals surface area contributed by atoms with Gasteiger partial charge in [-0.3, -0.25) is 4.79 Å². The van der Waals surface area contributed by atoms with E-state index < -0.39 is 0 Å². The normalized spacial score (nSPS) is 23.6. The average molecular weight is 292 g/mol. The molecular weight excluding hydrogens is 272 g/mol. The molecule has 1 N–H and O–H groups in total. The molecule has 0 spiro atoms. The zero-order chi connectivity index (χ0) is 13.7. The summed E-state index contributed by atoms with van der Waals surface area (Å²) in [5, 5.41) is 12.6. The Kier molecular flexibility index (Phi) is 3.02. The lowest BCUT2D eigenvalue weighted by molar-refractivity contribution is -0.120. The molecule has 1 aromatic rings. The quantitative estimate of drug-likeness (QED) is 0.817. The standard InChI is InChI=1S/C14H20N4OS/c1-8(13(19)15-10-4-5-10)20-14-17-16-12(9-2-3-9)18(14)11-6-7-11/h8-11H,2-7H2,1H3,(H,15,19)/t8-/m0/s1. The van der Waals surface area contributed by atoms with Gasteiger partial charge in [-0.05, 0) is 45.4 Å². The monoisotopic (exact) mass is 292 g/mol. The fraction of sp³-hybridized carbons (Fsp3) is 0.786. The van der Waals surface area contributed by atoms with Crippen LogP contribution in [-0.4, -0.2) is 32.0 Å².